The van der Waals surface area contributed by atoms with E-state index >= 15 is 0 Å². The predicted octanol–water partition coefficient (Wildman–Crippen LogP) is 2.37. The molecule has 17 heavy (non-hydrogen) atoms. The normalized spacial score (nSPS) is 11.4. The predicted molar refractivity (Wildman–Crippen MR) is 65.0 cm³/mol. The van der Waals surface area contributed by atoms with Crippen LogP contribution in [-0.4, -0.2) is 25.2 Å². The fraction of sp³-hybridized carbons (Fsp3) is 0.364. The summed E-state index contributed by atoms with van der Waals surface area (Å²) in [5, 5.41) is 8.80. The molecule has 1 aromatic carbocycles. The average Bonchev–Trinajstić information content (AvgIpc) is 2.24. The van der Waals surface area contributed by atoms with Crippen molar-refractivity contribution in [3.63, 3.8) is 0 Å². The summed E-state index contributed by atoms with van der Waals surface area (Å²) in [5.74, 6) is -0.967. The van der Waals surface area contributed by atoms with Gasteiger partial charge in [0.05, 0.1) is 10.6 Å². The monoisotopic (exact) mass is 276 g/mol. The van der Waals surface area contributed by atoms with Crippen molar-refractivity contribution in [3.05, 3.63) is 29.3 Å². The number of rotatable bonds is 6. The number of hydrogen-bond acceptors (Lipinski definition) is 3. The van der Waals surface area contributed by atoms with E-state index in [4.69, 9.17) is 16.7 Å². The molecule has 0 aliphatic heterocycles. The van der Waals surface area contributed by atoms with Gasteiger partial charge in [0.25, 0.3) is 0 Å². The molecule has 4 nitrogen and oxygen atoms in total. The van der Waals surface area contributed by atoms with Crippen molar-refractivity contribution in [2.75, 3.05) is 5.75 Å². The van der Waals surface area contributed by atoms with Gasteiger partial charge in [-0.25, -0.2) is 8.42 Å². The topological polar surface area (TPSA) is 71.4 Å². The molecule has 0 saturated heterocycles. The lowest BCUT2D eigenvalue weighted by Gasteiger charge is -2.04. The van der Waals surface area contributed by atoms with Gasteiger partial charge in [0, 0.05) is 11.4 Å². The van der Waals surface area contributed by atoms with Crippen LogP contribution in [0.25, 0.3) is 0 Å². The maximum absolute atomic E-state index is 11.8. The highest BCUT2D eigenvalue weighted by molar-refractivity contribution is 7.91. The smallest absolute Gasteiger partial charge is 0.303 e. The highest BCUT2D eigenvalue weighted by Crippen LogP contribution is 2.17. The van der Waals surface area contributed by atoms with Gasteiger partial charge in [-0.1, -0.05) is 17.7 Å². The molecule has 1 aromatic rings. The maximum Gasteiger partial charge on any atom is 0.303 e. The third kappa shape index (κ3) is 4.75. The Balaban J connectivity index is 2.60. The van der Waals surface area contributed by atoms with Crippen molar-refractivity contribution in [3.8, 4) is 0 Å². The molecule has 0 aliphatic carbocycles. The highest BCUT2D eigenvalue weighted by atomic mass is 35.5. The Morgan fingerprint density at radius 2 is 2.00 bits per heavy atom. The minimum Gasteiger partial charge on any atom is -0.481 e. The van der Waals surface area contributed by atoms with Gasteiger partial charge in [-0.05, 0) is 31.0 Å². The summed E-state index contributed by atoms with van der Waals surface area (Å²) in [6, 6.07) is 6.06. The molecule has 0 saturated carbocycles. The van der Waals surface area contributed by atoms with Gasteiger partial charge in [-0.15, -0.1) is 0 Å². The van der Waals surface area contributed by atoms with E-state index in [1.807, 2.05) is 0 Å². The van der Waals surface area contributed by atoms with Crippen LogP contribution in [0.15, 0.2) is 29.2 Å². The highest BCUT2D eigenvalue weighted by Gasteiger charge is 2.14. The fourth-order valence-electron chi connectivity index (χ4n) is 1.35. The molecule has 6 heteroatoms. The van der Waals surface area contributed by atoms with Crippen molar-refractivity contribution < 1.29 is 18.3 Å². The largest absolute Gasteiger partial charge is 0.481 e. The summed E-state index contributed by atoms with van der Waals surface area (Å²) in [6.45, 7) is 0. The summed E-state index contributed by atoms with van der Waals surface area (Å²) in [6.07, 6.45) is 0.682. The van der Waals surface area contributed by atoms with E-state index in [1.165, 1.54) is 12.1 Å². The number of carboxylic acid groups (broad SMARTS) is 1. The van der Waals surface area contributed by atoms with Crippen molar-refractivity contribution in [1.82, 2.24) is 0 Å². The lowest BCUT2D eigenvalue weighted by Crippen LogP contribution is -2.07. The van der Waals surface area contributed by atoms with Crippen LogP contribution in [0.2, 0.25) is 5.02 Å². The SMILES string of the molecule is O=C(O)CCCCS(=O)(=O)c1cccc(Cl)c1. The number of carboxylic acids is 1. The second kappa shape index (κ2) is 6.02. The standard InChI is InChI=1S/C11H13ClO4S/c12-9-4-3-5-10(8-9)17(15,16)7-2-1-6-11(13)14/h3-5,8H,1-2,6-7H2,(H,13,14). The number of unbranched alkanes of at least 4 members (excludes halogenated alkanes) is 1. The molecule has 0 atom stereocenters. The van der Waals surface area contributed by atoms with Crippen LogP contribution in [0.5, 0.6) is 0 Å². The van der Waals surface area contributed by atoms with Gasteiger partial charge >= 0.3 is 5.97 Å². The molecule has 1 rings (SSSR count). The van der Waals surface area contributed by atoms with Crippen molar-refractivity contribution in [2.24, 2.45) is 0 Å². The number of benzene rings is 1. The van der Waals surface area contributed by atoms with E-state index in [1.54, 1.807) is 12.1 Å². The minimum atomic E-state index is -3.36. The molecule has 0 unspecified atom stereocenters. The second-order valence-corrected chi connectivity index (χ2v) is 6.17. The molecule has 94 valence electrons. The molecule has 0 spiro atoms. The van der Waals surface area contributed by atoms with Crippen LogP contribution in [0.4, 0.5) is 0 Å². The number of aliphatic carboxylic acids is 1. The number of carbonyl (C=O) groups is 1. The molecule has 0 aliphatic rings. The Morgan fingerprint density at radius 1 is 1.29 bits per heavy atom. The molecule has 0 heterocycles. The number of sulfone groups is 1. The minimum absolute atomic E-state index is 0.00886. The van der Waals surface area contributed by atoms with Crippen LogP contribution in [-0.2, 0) is 14.6 Å². The van der Waals surface area contributed by atoms with Crippen molar-refractivity contribution >= 4 is 27.4 Å². The van der Waals surface area contributed by atoms with E-state index in [2.05, 4.69) is 0 Å². The zero-order valence-electron chi connectivity index (χ0n) is 9.10. The number of hydrogen-bond donors (Lipinski definition) is 1. The van der Waals surface area contributed by atoms with Gasteiger partial charge in [-0.3, -0.25) is 4.79 Å². The lowest BCUT2D eigenvalue weighted by atomic mass is 10.2. The Hall–Kier alpha value is -1.07. The van der Waals surface area contributed by atoms with Gasteiger partial charge in [0.1, 0.15) is 0 Å². The third-order valence-corrected chi connectivity index (χ3v) is 4.24. The second-order valence-electron chi connectivity index (χ2n) is 3.63. The Morgan fingerprint density at radius 3 is 2.59 bits per heavy atom. The van der Waals surface area contributed by atoms with Crippen LogP contribution >= 0.6 is 11.6 Å². The molecule has 0 bridgehead atoms. The average molecular weight is 277 g/mol. The Kier molecular flexibility index (Phi) is 4.96. The first-order valence-corrected chi connectivity index (χ1v) is 7.15. The van der Waals surface area contributed by atoms with Gasteiger partial charge in [0.2, 0.25) is 0 Å². The summed E-state index contributed by atoms with van der Waals surface area (Å²) in [5.41, 5.74) is 0. The third-order valence-electron chi connectivity index (χ3n) is 2.21. The zero-order valence-corrected chi connectivity index (χ0v) is 10.7. The number of halogens is 1. The lowest BCUT2D eigenvalue weighted by molar-refractivity contribution is -0.137. The first-order valence-electron chi connectivity index (χ1n) is 5.12. The van der Waals surface area contributed by atoms with Crippen LogP contribution in [0.3, 0.4) is 0 Å². The molecule has 0 amide bonds. The summed E-state index contributed by atoms with van der Waals surface area (Å²) in [4.78, 5) is 10.5. The summed E-state index contributed by atoms with van der Waals surface area (Å²) < 4.78 is 23.6. The van der Waals surface area contributed by atoms with E-state index in [9.17, 15) is 13.2 Å². The first-order chi connectivity index (χ1) is 7.92. The van der Waals surface area contributed by atoms with Gasteiger partial charge in [0.15, 0.2) is 9.84 Å². The molecular weight excluding hydrogens is 264 g/mol. The Bertz CT molecular complexity index is 496. The van der Waals surface area contributed by atoms with Crippen molar-refractivity contribution in [1.29, 1.82) is 0 Å². The van der Waals surface area contributed by atoms with E-state index < -0.39 is 15.8 Å². The quantitative estimate of drug-likeness (QED) is 0.810. The molecule has 0 radical (unpaired) electrons. The van der Waals surface area contributed by atoms with Gasteiger partial charge in [-0.2, -0.15) is 0 Å². The molecule has 0 aromatic heterocycles. The zero-order chi connectivity index (χ0) is 12.9. The van der Waals surface area contributed by atoms with E-state index in [0.29, 0.717) is 17.9 Å². The molecular formula is C11H13ClO4S. The van der Waals surface area contributed by atoms with Crippen molar-refractivity contribution in [2.45, 2.75) is 24.2 Å². The Labute approximate surface area is 105 Å². The maximum atomic E-state index is 11.8. The van der Waals surface area contributed by atoms with Gasteiger partial charge < -0.3 is 5.11 Å². The fourth-order valence-corrected chi connectivity index (χ4v) is 3.01. The molecule has 1 N–H and O–H groups in total. The summed E-state index contributed by atoms with van der Waals surface area (Å²) in [7, 11) is -3.36. The first kappa shape index (κ1) is 14.0. The van der Waals surface area contributed by atoms with Crippen LogP contribution < -0.4 is 0 Å². The van der Waals surface area contributed by atoms with E-state index in [-0.39, 0.29) is 17.1 Å². The van der Waals surface area contributed by atoms with E-state index in [0.717, 1.165) is 0 Å². The van der Waals surface area contributed by atoms with Crippen LogP contribution in [0.1, 0.15) is 19.3 Å². The molecule has 0 fully saturated rings. The summed E-state index contributed by atoms with van der Waals surface area (Å²) >= 11 is 5.71. The van der Waals surface area contributed by atoms with Crippen LogP contribution in [0, 0.1) is 0 Å².